The number of aromatic nitrogens is 2. The van der Waals surface area contributed by atoms with Gasteiger partial charge in [-0.2, -0.15) is 5.10 Å². The average Bonchev–Trinajstić information content (AvgIpc) is 2.85. The van der Waals surface area contributed by atoms with Crippen molar-refractivity contribution in [1.82, 2.24) is 10.2 Å². The molecule has 2 N–H and O–H groups in total. The molecule has 88 valence electrons. The van der Waals surface area contributed by atoms with Gasteiger partial charge < -0.3 is 5.32 Å². The van der Waals surface area contributed by atoms with Gasteiger partial charge in [0.2, 0.25) is 0 Å². The highest BCUT2D eigenvalue weighted by Crippen LogP contribution is 2.21. The Balaban J connectivity index is 1.65. The summed E-state index contributed by atoms with van der Waals surface area (Å²) in [5, 5.41) is 11.7. The maximum Gasteiger partial charge on any atom is 0.0651 e. The van der Waals surface area contributed by atoms with Crippen molar-refractivity contribution in [2.45, 2.75) is 19.3 Å². The zero-order chi connectivity index (χ0) is 11.5. The molecule has 0 fully saturated rings. The first-order chi connectivity index (χ1) is 8.42. The monoisotopic (exact) mass is 227 g/mol. The predicted octanol–water partition coefficient (Wildman–Crippen LogP) is 3.33. The van der Waals surface area contributed by atoms with Gasteiger partial charge in [0.25, 0.3) is 0 Å². The fraction of sp³-hybridized carbons (Fsp3) is 0.357. The first-order valence-electron chi connectivity index (χ1n) is 6.24. The minimum absolute atomic E-state index is 0.778. The number of H-pyrrole nitrogens is 1. The summed E-state index contributed by atoms with van der Waals surface area (Å²) in [6, 6.07) is 6.34. The minimum Gasteiger partial charge on any atom is -0.385 e. The fourth-order valence-corrected chi connectivity index (χ4v) is 2.36. The molecule has 0 amide bonds. The largest absolute Gasteiger partial charge is 0.385 e. The Hall–Kier alpha value is -1.77. The number of rotatable bonds is 3. The van der Waals surface area contributed by atoms with Crippen LogP contribution in [0.3, 0.4) is 0 Å². The number of aromatic amines is 1. The predicted molar refractivity (Wildman–Crippen MR) is 71.1 cm³/mol. The van der Waals surface area contributed by atoms with Crippen molar-refractivity contribution in [3.05, 3.63) is 36.5 Å². The van der Waals surface area contributed by atoms with E-state index in [0.29, 0.717) is 0 Å². The van der Waals surface area contributed by atoms with Crippen molar-refractivity contribution in [2.75, 3.05) is 11.9 Å². The Kier molecular flexibility index (Phi) is 2.82. The minimum atomic E-state index is 0.778. The van der Waals surface area contributed by atoms with E-state index in [4.69, 9.17) is 0 Å². The van der Waals surface area contributed by atoms with Crippen LogP contribution in [0.15, 0.2) is 36.5 Å². The zero-order valence-corrected chi connectivity index (χ0v) is 9.82. The summed E-state index contributed by atoms with van der Waals surface area (Å²) in [5.41, 5.74) is 2.28. The van der Waals surface area contributed by atoms with Crippen molar-refractivity contribution < 1.29 is 0 Å². The number of hydrogen-bond acceptors (Lipinski definition) is 2. The average molecular weight is 227 g/mol. The summed E-state index contributed by atoms with van der Waals surface area (Å²) in [5.74, 6) is 0.778. The van der Waals surface area contributed by atoms with Crippen LogP contribution in [0, 0.1) is 5.92 Å². The fourth-order valence-electron chi connectivity index (χ4n) is 2.36. The molecule has 3 rings (SSSR count). The highest BCUT2D eigenvalue weighted by molar-refractivity contribution is 5.81. The van der Waals surface area contributed by atoms with Gasteiger partial charge in [0, 0.05) is 17.6 Å². The number of fused-ring (bicyclic) bond motifs is 1. The number of nitrogens with zero attached hydrogens (tertiary/aromatic N) is 1. The van der Waals surface area contributed by atoms with Gasteiger partial charge in [-0.05, 0) is 43.4 Å². The lowest BCUT2D eigenvalue weighted by molar-refractivity contribution is 0.504. The van der Waals surface area contributed by atoms with Crippen LogP contribution in [0.5, 0.6) is 0 Å². The molecule has 0 saturated carbocycles. The van der Waals surface area contributed by atoms with E-state index in [1.807, 2.05) is 6.20 Å². The number of nitrogens with one attached hydrogen (secondary N) is 2. The van der Waals surface area contributed by atoms with E-state index in [0.717, 1.165) is 18.0 Å². The smallest absolute Gasteiger partial charge is 0.0651 e. The maximum absolute atomic E-state index is 4.03. The van der Waals surface area contributed by atoms with Gasteiger partial charge in [-0.15, -0.1) is 0 Å². The molecule has 17 heavy (non-hydrogen) atoms. The Morgan fingerprint density at radius 2 is 2.35 bits per heavy atom. The van der Waals surface area contributed by atoms with E-state index in [1.165, 1.54) is 30.3 Å². The quantitative estimate of drug-likeness (QED) is 0.790. The molecule has 0 saturated heterocycles. The third kappa shape index (κ3) is 2.33. The van der Waals surface area contributed by atoms with E-state index >= 15 is 0 Å². The molecular weight excluding hydrogens is 210 g/mol. The lowest BCUT2D eigenvalue weighted by Gasteiger charge is -2.18. The molecule has 1 heterocycles. The number of allylic oxidation sites excluding steroid dienone is 2. The normalized spacial score (nSPS) is 19.6. The van der Waals surface area contributed by atoms with Crippen LogP contribution in [0.4, 0.5) is 5.69 Å². The summed E-state index contributed by atoms with van der Waals surface area (Å²) in [6.45, 7) is 1.06. The third-order valence-electron chi connectivity index (χ3n) is 3.41. The summed E-state index contributed by atoms with van der Waals surface area (Å²) >= 11 is 0. The van der Waals surface area contributed by atoms with Gasteiger partial charge in [-0.1, -0.05) is 12.2 Å². The van der Waals surface area contributed by atoms with E-state index in [9.17, 15) is 0 Å². The highest BCUT2D eigenvalue weighted by atomic mass is 15.1. The number of anilines is 1. The first-order valence-corrected chi connectivity index (χ1v) is 6.24. The van der Waals surface area contributed by atoms with Gasteiger partial charge >= 0.3 is 0 Å². The van der Waals surface area contributed by atoms with Crippen molar-refractivity contribution in [3.63, 3.8) is 0 Å². The van der Waals surface area contributed by atoms with E-state index in [2.05, 4.69) is 45.9 Å². The molecule has 0 bridgehead atoms. The molecule has 1 aliphatic rings. The summed E-state index contributed by atoms with van der Waals surface area (Å²) in [6.07, 6.45) is 10.2. The molecule has 1 atom stereocenters. The SMILES string of the molecule is C1=CCC(CNc2ccc3[nH]ncc3c2)CC1. The topological polar surface area (TPSA) is 40.7 Å². The van der Waals surface area contributed by atoms with Crippen molar-refractivity contribution in [2.24, 2.45) is 5.92 Å². The van der Waals surface area contributed by atoms with Gasteiger partial charge in [0.05, 0.1) is 11.7 Å². The third-order valence-corrected chi connectivity index (χ3v) is 3.41. The van der Waals surface area contributed by atoms with Crippen LogP contribution >= 0.6 is 0 Å². The van der Waals surface area contributed by atoms with Gasteiger partial charge in [-0.25, -0.2) is 0 Å². The maximum atomic E-state index is 4.03. The molecule has 0 spiro atoms. The number of benzene rings is 1. The molecule has 0 radical (unpaired) electrons. The summed E-state index contributed by atoms with van der Waals surface area (Å²) in [4.78, 5) is 0. The molecule has 2 aromatic rings. The molecule has 3 nitrogen and oxygen atoms in total. The Morgan fingerprint density at radius 1 is 1.35 bits per heavy atom. The van der Waals surface area contributed by atoms with Gasteiger partial charge in [0.15, 0.2) is 0 Å². The van der Waals surface area contributed by atoms with Crippen LogP contribution < -0.4 is 5.32 Å². The Bertz CT molecular complexity index is 527. The zero-order valence-electron chi connectivity index (χ0n) is 9.82. The summed E-state index contributed by atoms with van der Waals surface area (Å²) < 4.78 is 0. The second kappa shape index (κ2) is 4.62. The highest BCUT2D eigenvalue weighted by Gasteiger charge is 2.09. The molecule has 0 aliphatic heterocycles. The van der Waals surface area contributed by atoms with E-state index < -0.39 is 0 Å². The standard InChI is InChI=1S/C14H17N3/c1-2-4-11(5-3-1)9-15-13-6-7-14-12(8-13)10-16-17-14/h1-2,6-8,10-11,15H,3-5,9H2,(H,16,17). The van der Waals surface area contributed by atoms with Crippen molar-refractivity contribution in [1.29, 1.82) is 0 Å². The molecule has 1 unspecified atom stereocenters. The van der Waals surface area contributed by atoms with Crippen LogP contribution in [0.1, 0.15) is 19.3 Å². The van der Waals surface area contributed by atoms with Crippen molar-refractivity contribution >= 4 is 16.6 Å². The lowest BCUT2D eigenvalue weighted by Crippen LogP contribution is -2.15. The van der Waals surface area contributed by atoms with Crippen LogP contribution in [-0.2, 0) is 0 Å². The molecule has 1 aromatic carbocycles. The Morgan fingerprint density at radius 3 is 3.24 bits per heavy atom. The summed E-state index contributed by atoms with van der Waals surface area (Å²) in [7, 11) is 0. The molecule has 1 aromatic heterocycles. The van der Waals surface area contributed by atoms with Crippen LogP contribution in [-0.4, -0.2) is 16.7 Å². The molecule has 1 aliphatic carbocycles. The second-order valence-electron chi connectivity index (χ2n) is 4.70. The van der Waals surface area contributed by atoms with Crippen molar-refractivity contribution in [3.8, 4) is 0 Å². The molecule has 3 heteroatoms. The van der Waals surface area contributed by atoms with E-state index in [-0.39, 0.29) is 0 Å². The lowest BCUT2D eigenvalue weighted by atomic mass is 9.94. The van der Waals surface area contributed by atoms with E-state index in [1.54, 1.807) is 0 Å². The number of hydrogen-bond donors (Lipinski definition) is 2. The molecular formula is C14H17N3. The second-order valence-corrected chi connectivity index (χ2v) is 4.70. The first kappa shape index (κ1) is 10.4. The van der Waals surface area contributed by atoms with Crippen LogP contribution in [0.25, 0.3) is 10.9 Å². The van der Waals surface area contributed by atoms with Crippen LogP contribution in [0.2, 0.25) is 0 Å². The van der Waals surface area contributed by atoms with Gasteiger partial charge in [0.1, 0.15) is 0 Å². The van der Waals surface area contributed by atoms with Gasteiger partial charge in [-0.3, -0.25) is 5.10 Å². The Labute approximate surface area is 101 Å².